The van der Waals surface area contributed by atoms with Crippen LogP contribution in [0.25, 0.3) is 5.69 Å². The Balaban J connectivity index is 1.94. The number of aryl methyl sites for hydroxylation is 1. The van der Waals surface area contributed by atoms with Crippen molar-refractivity contribution in [1.29, 1.82) is 0 Å². The fourth-order valence-corrected chi connectivity index (χ4v) is 3.31. The molecular weight excluding hydrogens is 298 g/mol. The van der Waals surface area contributed by atoms with Gasteiger partial charge in [-0.1, -0.05) is 0 Å². The van der Waals surface area contributed by atoms with E-state index in [1.165, 1.54) is 12.1 Å². The first-order valence-electron chi connectivity index (χ1n) is 7.87. The number of aromatic nitrogens is 1. The number of ketones is 1. The molecule has 2 heterocycles. The zero-order valence-electron chi connectivity index (χ0n) is 13.4. The van der Waals surface area contributed by atoms with E-state index in [9.17, 15) is 13.6 Å². The number of nitrogens with zero attached hydrogens (tertiary/aromatic N) is 2. The van der Waals surface area contributed by atoms with Crippen LogP contribution in [-0.4, -0.2) is 34.9 Å². The van der Waals surface area contributed by atoms with Crippen LogP contribution in [0.3, 0.4) is 0 Å². The van der Waals surface area contributed by atoms with Crippen molar-refractivity contribution in [3.63, 3.8) is 0 Å². The minimum atomic E-state index is -0.634. The molecule has 1 aromatic heterocycles. The summed E-state index contributed by atoms with van der Waals surface area (Å²) in [6.45, 7) is 5.93. The number of carbonyl (C=O) groups is 1. The normalized spacial score (nSPS) is 15.3. The molecule has 5 heteroatoms. The predicted octanol–water partition coefficient (Wildman–Crippen LogP) is 3.65. The third-order valence-corrected chi connectivity index (χ3v) is 4.45. The molecule has 2 aromatic rings. The molecule has 1 aliphatic rings. The molecule has 1 saturated heterocycles. The van der Waals surface area contributed by atoms with Crippen molar-refractivity contribution in [1.82, 2.24) is 9.47 Å². The molecule has 0 spiro atoms. The van der Waals surface area contributed by atoms with Gasteiger partial charge >= 0.3 is 0 Å². The largest absolute Gasteiger partial charge is 0.315 e. The van der Waals surface area contributed by atoms with Crippen LogP contribution in [0.4, 0.5) is 8.78 Å². The van der Waals surface area contributed by atoms with E-state index in [2.05, 4.69) is 4.90 Å². The van der Waals surface area contributed by atoms with E-state index in [4.69, 9.17) is 0 Å². The van der Waals surface area contributed by atoms with Crippen molar-refractivity contribution in [2.45, 2.75) is 26.7 Å². The SMILES string of the molecule is Cc1cc(C(=O)CN2CCCC2)c(C)n1-c1ccc(F)cc1F. The molecule has 0 atom stereocenters. The van der Waals surface area contributed by atoms with Gasteiger partial charge in [0.25, 0.3) is 0 Å². The van der Waals surface area contributed by atoms with Crippen LogP contribution in [0.15, 0.2) is 24.3 Å². The fourth-order valence-electron chi connectivity index (χ4n) is 3.31. The number of hydrogen-bond acceptors (Lipinski definition) is 2. The van der Waals surface area contributed by atoms with Gasteiger partial charge in [-0.05, 0) is 58.0 Å². The van der Waals surface area contributed by atoms with E-state index in [-0.39, 0.29) is 11.5 Å². The Morgan fingerprint density at radius 2 is 1.83 bits per heavy atom. The first-order valence-corrected chi connectivity index (χ1v) is 7.87. The smallest absolute Gasteiger partial charge is 0.178 e. The number of carbonyl (C=O) groups excluding carboxylic acids is 1. The fraction of sp³-hybridized carbons (Fsp3) is 0.389. The van der Waals surface area contributed by atoms with Gasteiger partial charge in [-0.3, -0.25) is 9.69 Å². The van der Waals surface area contributed by atoms with Crippen LogP contribution in [0.5, 0.6) is 0 Å². The molecule has 0 amide bonds. The van der Waals surface area contributed by atoms with Crippen molar-refractivity contribution < 1.29 is 13.6 Å². The van der Waals surface area contributed by atoms with Crippen LogP contribution >= 0.6 is 0 Å². The van der Waals surface area contributed by atoms with Gasteiger partial charge in [0, 0.05) is 23.0 Å². The summed E-state index contributed by atoms with van der Waals surface area (Å²) < 4.78 is 28.9. The van der Waals surface area contributed by atoms with Gasteiger partial charge in [0.05, 0.1) is 12.2 Å². The highest BCUT2D eigenvalue weighted by Gasteiger charge is 2.21. The summed E-state index contributed by atoms with van der Waals surface area (Å²) in [5.74, 6) is -1.20. The number of rotatable bonds is 4. The average molecular weight is 318 g/mol. The lowest BCUT2D eigenvalue weighted by molar-refractivity contribution is 0.0944. The minimum absolute atomic E-state index is 0.0498. The number of halogens is 2. The molecule has 0 radical (unpaired) electrons. The third kappa shape index (κ3) is 3.06. The van der Waals surface area contributed by atoms with Crippen molar-refractivity contribution in [2.24, 2.45) is 0 Å². The van der Waals surface area contributed by atoms with E-state index in [0.29, 0.717) is 17.8 Å². The monoisotopic (exact) mass is 318 g/mol. The molecule has 1 aromatic carbocycles. The lowest BCUT2D eigenvalue weighted by Crippen LogP contribution is -2.27. The maximum Gasteiger partial charge on any atom is 0.178 e. The highest BCUT2D eigenvalue weighted by atomic mass is 19.1. The maximum atomic E-state index is 14.1. The Labute approximate surface area is 134 Å². The van der Waals surface area contributed by atoms with Gasteiger partial charge < -0.3 is 4.57 Å². The van der Waals surface area contributed by atoms with Crippen molar-refractivity contribution in [3.8, 4) is 5.69 Å². The first-order chi connectivity index (χ1) is 11.0. The summed E-state index contributed by atoms with van der Waals surface area (Å²) >= 11 is 0. The van der Waals surface area contributed by atoms with Crippen LogP contribution in [0.2, 0.25) is 0 Å². The second kappa shape index (κ2) is 6.24. The third-order valence-electron chi connectivity index (χ3n) is 4.45. The van der Waals surface area contributed by atoms with E-state index in [0.717, 1.165) is 37.7 Å². The zero-order valence-corrected chi connectivity index (χ0v) is 13.4. The Hall–Kier alpha value is -2.01. The Bertz CT molecular complexity index is 746. The lowest BCUT2D eigenvalue weighted by Gasteiger charge is -2.14. The van der Waals surface area contributed by atoms with Gasteiger partial charge in [-0.2, -0.15) is 0 Å². The molecule has 3 nitrogen and oxygen atoms in total. The molecule has 0 aliphatic carbocycles. The first kappa shape index (κ1) is 15.9. The summed E-state index contributed by atoms with van der Waals surface area (Å²) in [6.07, 6.45) is 2.26. The lowest BCUT2D eigenvalue weighted by atomic mass is 10.1. The summed E-state index contributed by atoms with van der Waals surface area (Å²) in [7, 11) is 0. The molecule has 0 bridgehead atoms. The Morgan fingerprint density at radius 1 is 1.13 bits per heavy atom. The van der Waals surface area contributed by atoms with E-state index >= 15 is 0 Å². The number of Topliss-reactive ketones (excluding diaryl/α,β-unsaturated/α-hetero) is 1. The summed E-state index contributed by atoms with van der Waals surface area (Å²) in [5, 5.41) is 0. The summed E-state index contributed by atoms with van der Waals surface area (Å²) in [6, 6.07) is 5.28. The molecule has 1 aliphatic heterocycles. The predicted molar refractivity (Wildman–Crippen MR) is 85.2 cm³/mol. The number of likely N-dealkylation sites (tertiary alicyclic amines) is 1. The topological polar surface area (TPSA) is 25.2 Å². The molecule has 3 rings (SSSR count). The summed E-state index contributed by atoms with van der Waals surface area (Å²) in [5.41, 5.74) is 2.33. The molecular formula is C18H20F2N2O. The quantitative estimate of drug-likeness (QED) is 0.804. The zero-order chi connectivity index (χ0) is 16.6. The highest BCUT2D eigenvalue weighted by molar-refractivity contribution is 5.99. The molecule has 0 unspecified atom stereocenters. The number of hydrogen-bond donors (Lipinski definition) is 0. The second-order valence-corrected chi connectivity index (χ2v) is 6.12. The van der Waals surface area contributed by atoms with Crippen LogP contribution in [-0.2, 0) is 0 Å². The summed E-state index contributed by atoms with van der Waals surface area (Å²) in [4.78, 5) is 14.7. The Morgan fingerprint density at radius 3 is 2.48 bits per heavy atom. The van der Waals surface area contributed by atoms with E-state index in [1.54, 1.807) is 17.6 Å². The highest BCUT2D eigenvalue weighted by Crippen LogP contribution is 2.24. The minimum Gasteiger partial charge on any atom is -0.315 e. The van der Waals surface area contributed by atoms with Gasteiger partial charge in [0.2, 0.25) is 0 Å². The number of benzene rings is 1. The van der Waals surface area contributed by atoms with Crippen LogP contribution < -0.4 is 0 Å². The van der Waals surface area contributed by atoms with Gasteiger partial charge in [-0.15, -0.1) is 0 Å². The van der Waals surface area contributed by atoms with Gasteiger partial charge in [0.15, 0.2) is 5.78 Å². The molecule has 1 fully saturated rings. The van der Waals surface area contributed by atoms with Crippen LogP contribution in [0.1, 0.15) is 34.6 Å². The molecule has 0 N–H and O–H groups in total. The maximum absolute atomic E-state index is 14.1. The molecule has 0 saturated carbocycles. The van der Waals surface area contributed by atoms with Crippen LogP contribution in [0, 0.1) is 25.5 Å². The molecule has 23 heavy (non-hydrogen) atoms. The standard InChI is InChI=1S/C18H20F2N2O/c1-12-9-15(18(23)11-21-7-3-4-8-21)13(2)22(12)17-6-5-14(19)10-16(17)20/h5-6,9-10H,3-4,7-8,11H2,1-2H3. The van der Waals surface area contributed by atoms with Crippen molar-refractivity contribution in [2.75, 3.05) is 19.6 Å². The van der Waals surface area contributed by atoms with Crippen molar-refractivity contribution >= 4 is 5.78 Å². The molecule has 122 valence electrons. The van der Waals surface area contributed by atoms with Crippen molar-refractivity contribution in [3.05, 3.63) is 52.9 Å². The second-order valence-electron chi connectivity index (χ2n) is 6.12. The van der Waals surface area contributed by atoms with E-state index in [1.807, 2.05) is 6.92 Å². The van der Waals surface area contributed by atoms with Gasteiger partial charge in [0.1, 0.15) is 11.6 Å². The average Bonchev–Trinajstić information content (AvgIpc) is 3.09. The Kier molecular flexibility index (Phi) is 4.31. The van der Waals surface area contributed by atoms with E-state index < -0.39 is 11.6 Å². The van der Waals surface area contributed by atoms with Gasteiger partial charge in [-0.25, -0.2) is 8.78 Å².